The molecular formula is C25H33N3O4. The number of primary amides is 1. The van der Waals surface area contributed by atoms with Crippen LogP contribution in [0.4, 0.5) is 4.79 Å². The van der Waals surface area contributed by atoms with Crippen LogP contribution in [0.15, 0.2) is 60.7 Å². The highest BCUT2D eigenvalue weighted by atomic mass is 16.5. The van der Waals surface area contributed by atoms with Gasteiger partial charge in [0.25, 0.3) is 0 Å². The molecule has 2 aromatic carbocycles. The minimum atomic E-state index is -0.904. The molecule has 0 saturated carbocycles. The van der Waals surface area contributed by atoms with Crippen molar-refractivity contribution in [1.29, 1.82) is 0 Å². The number of hydrogen-bond donors (Lipinski definition) is 3. The first-order chi connectivity index (χ1) is 15.5. The van der Waals surface area contributed by atoms with Gasteiger partial charge in [0.05, 0.1) is 0 Å². The molecule has 2 rings (SSSR count). The predicted molar refractivity (Wildman–Crippen MR) is 124 cm³/mol. The van der Waals surface area contributed by atoms with Crippen LogP contribution in [0.5, 0.6) is 0 Å². The summed E-state index contributed by atoms with van der Waals surface area (Å²) in [5, 5.41) is 5.34. The smallest absolute Gasteiger partial charge is 0.408 e. The van der Waals surface area contributed by atoms with E-state index >= 15 is 0 Å². The molecule has 32 heavy (non-hydrogen) atoms. The maximum absolute atomic E-state index is 13.0. The van der Waals surface area contributed by atoms with Gasteiger partial charge in [-0.2, -0.15) is 0 Å². The SMILES string of the molecule is CCCCCC[C@@H](NC(=O)[C@@H](Cc1ccccc1)NC(=O)OCc1ccccc1)C(N)=O. The number of rotatable bonds is 13. The molecule has 3 amide bonds. The first kappa shape index (κ1) is 24.9. The number of nitrogens with one attached hydrogen (secondary N) is 2. The summed E-state index contributed by atoms with van der Waals surface area (Å²) in [6.07, 6.45) is 3.91. The molecule has 2 atom stereocenters. The van der Waals surface area contributed by atoms with Crippen molar-refractivity contribution in [1.82, 2.24) is 10.6 Å². The lowest BCUT2D eigenvalue weighted by Gasteiger charge is -2.22. The lowest BCUT2D eigenvalue weighted by atomic mass is 10.0. The average molecular weight is 440 g/mol. The Morgan fingerprint density at radius 3 is 2.06 bits per heavy atom. The highest BCUT2D eigenvalue weighted by molar-refractivity contribution is 5.90. The molecule has 0 aliphatic heterocycles. The highest BCUT2D eigenvalue weighted by Crippen LogP contribution is 2.08. The van der Waals surface area contributed by atoms with Crippen LogP contribution in [0.3, 0.4) is 0 Å². The summed E-state index contributed by atoms with van der Waals surface area (Å²) in [4.78, 5) is 37.2. The molecule has 0 saturated heterocycles. The van der Waals surface area contributed by atoms with Crippen molar-refractivity contribution < 1.29 is 19.1 Å². The van der Waals surface area contributed by atoms with E-state index in [9.17, 15) is 14.4 Å². The van der Waals surface area contributed by atoms with E-state index in [-0.39, 0.29) is 13.0 Å². The molecule has 172 valence electrons. The van der Waals surface area contributed by atoms with Crippen molar-refractivity contribution >= 4 is 17.9 Å². The van der Waals surface area contributed by atoms with E-state index in [0.717, 1.165) is 36.8 Å². The number of nitrogens with two attached hydrogens (primary N) is 1. The quantitative estimate of drug-likeness (QED) is 0.415. The Balaban J connectivity index is 2.01. The first-order valence-electron chi connectivity index (χ1n) is 11.1. The largest absolute Gasteiger partial charge is 0.445 e. The van der Waals surface area contributed by atoms with Crippen LogP contribution in [0, 0.1) is 0 Å². The van der Waals surface area contributed by atoms with Gasteiger partial charge in [-0.15, -0.1) is 0 Å². The van der Waals surface area contributed by atoms with Crippen molar-refractivity contribution in [2.45, 2.75) is 64.1 Å². The normalized spacial score (nSPS) is 12.4. The lowest BCUT2D eigenvalue weighted by molar-refractivity contribution is -0.128. The lowest BCUT2D eigenvalue weighted by Crippen LogP contribution is -2.53. The van der Waals surface area contributed by atoms with E-state index in [2.05, 4.69) is 17.6 Å². The summed E-state index contributed by atoms with van der Waals surface area (Å²) in [7, 11) is 0. The molecule has 0 bridgehead atoms. The minimum absolute atomic E-state index is 0.0910. The van der Waals surface area contributed by atoms with Gasteiger partial charge in [0.1, 0.15) is 18.7 Å². The van der Waals surface area contributed by atoms with Crippen LogP contribution >= 0.6 is 0 Å². The number of alkyl carbamates (subject to hydrolysis) is 1. The third-order valence-corrected chi connectivity index (χ3v) is 5.11. The van der Waals surface area contributed by atoms with Crippen LogP contribution in [0.25, 0.3) is 0 Å². The molecule has 0 radical (unpaired) electrons. The fourth-order valence-electron chi connectivity index (χ4n) is 3.30. The van der Waals surface area contributed by atoms with Crippen LogP contribution in [-0.4, -0.2) is 30.0 Å². The van der Waals surface area contributed by atoms with Crippen molar-refractivity contribution in [2.75, 3.05) is 0 Å². The third-order valence-electron chi connectivity index (χ3n) is 5.11. The van der Waals surface area contributed by atoms with Crippen LogP contribution in [0.2, 0.25) is 0 Å². The number of ether oxygens (including phenoxy) is 1. The summed E-state index contributed by atoms with van der Waals surface area (Å²) in [6.45, 7) is 2.19. The Bertz CT molecular complexity index is 843. The van der Waals surface area contributed by atoms with Gasteiger partial charge in [-0.05, 0) is 17.5 Å². The molecular weight excluding hydrogens is 406 g/mol. The topological polar surface area (TPSA) is 111 Å². The summed E-state index contributed by atoms with van der Waals surface area (Å²) >= 11 is 0. The first-order valence-corrected chi connectivity index (χ1v) is 11.1. The molecule has 7 heteroatoms. The molecule has 4 N–H and O–H groups in total. The summed E-state index contributed by atoms with van der Waals surface area (Å²) in [5.74, 6) is -1.05. The molecule has 0 spiro atoms. The molecule has 2 aromatic rings. The number of carbonyl (C=O) groups is 3. The Labute approximate surface area is 189 Å². The molecule has 0 fully saturated rings. The van der Waals surface area contributed by atoms with Crippen molar-refractivity contribution in [3.05, 3.63) is 71.8 Å². The molecule has 0 aliphatic rings. The Hall–Kier alpha value is -3.35. The van der Waals surface area contributed by atoms with Crippen LogP contribution in [-0.2, 0) is 27.4 Å². The number of amides is 3. The zero-order valence-corrected chi connectivity index (χ0v) is 18.6. The fraction of sp³-hybridized carbons (Fsp3) is 0.400. The molecule has 0 aromatic heterocycles. The third kappa shape index (κ3) is 9.20. The molecule has 7 nitrogen and oxygen atoms in total. The van der Waals surface area contributed by atoms with Gasteiger partial charge in [-0.3, -0.25) is 9.59 Å². The van der Waals surface area contributed by atoms with E-state index in [1.165, 1.54) is 0 Å². The number of carbonyl (C=O) groups excluding carboxylic acids is 3. The maximum atomic E-state index is 13.0. The Kier molecular flexibility index (Phi) is 10.8. The second-order valence-electron chi connectivity index (χ2n) is 7.76. The molecule has 0 aliphatic carbocycles. The summed E-state index contributed by atoms with van der Waals surface area (Å²) in [6, 6.07) is 16.9. The second-order valence-corrected chi connectivity index (χ2v) is 7.76. The average Bonchev–Trinajstić information content (AvgIpc) is 2.80. The van der Waals surface area contributed by atoms with E-state index < -0.39 is 30.0 Å². The standard InChI is InChI=1S/C25H33N3O4/c1-2-3-4-11-16-21(23(26)29)27-24(30)22(17-19-12-7-5-8-13-19)28-25(31)32-18-20-14-9-6-10-15-20/h5-10,12-15,21-22H,2-4,11,16-18H2,1H3,(H2,26,29)(H,27,30)(H,28,31)/t21-,22-/m1/s1. The van der Waals surface area contributed by atoms with Gasteiger partial charge in [-0.1, -0.05) is 93.3 Å². The zero-order valence-electron chi connectivity index (χ0n) is 18.6. The van der Waals surface area contributed by atoms with Gasteiger partial charge in [0.2, 0.25) is 11.8 Å². The monoisotopic (exact) mass is 439 g/mol. The fourth-order valence-corrected chi connectivity index (χ4v) is 3.30. The Morgan fingerprint density at radius 1 is 0.844 bits per heavy atom. The molecule has 0 heterocycles. The van der Waals surface area contributed by atoms with Crippen LogP contribution in [0.1, 0.15) is 50.2 Å². The van der Waals surface area contributed by atoms with E-state index in [0.29, 0.717) is 6.42 Å². The predicted octanol–water partition coefficient (Wildman–Crippen LogP) is 3.46. The van der Waals surface area contributed by atoms with Gasteiger partial charge in [0, 0.05) is 6.42 Å². The van der Waals surface area contributed by atoms with E-state index in [1.54, 1.807) is 0 Å². The highest BCUT2D eigenvalue weighted by Gasteiger charge is 2.26. The number of hydrogen-bond acceptors (Lipinski definition) is 4. The van der Waals surface area contributed by atoms with E-state index in [4.69, 9.17) is 10.5 Å². The van der Waals surface area contributed by atoms with Gasteiger partial charge < -0.3 is 21.1 Å². The molecule has 0 unspecified atom stereocenters. The zero-order chi connectivity index (χ0) is 23.2. The van der Waals surface area contributed by atoms with Crippen LogP contribution < -0.4 is 16.4 Å². The van der Waals surface area contributed by atoms with Gasteiger partial charge in [-0.25, -0.2) is 4.79 Å². The summed E-state index contributed by atoms with van der Waals surface area (Å²) < 4.78 is 5.27. The van der Waals surface area contributed by atoms with E-state index in [1.807, 2.05) is 60.7 Å². The number of benzene rings is 2. The van der Waals surface area contributed by atoms with Gasteiger partial charge >= 0.3 is 6.09 Å². The van der Waals surface area contributed by atoms with Crippen molar-refractivity contribution in [2.24, 2.45) is 5.73 Å². The minimum Gasteiger partial charge on any atom is -0.445 e. The number of unbranched alkanes of at least 4 members (excludes halogenated alkanes) is 3. The maximum Gasteiger partial charge on any atom is 0.408 e. The van der Waals surface area contributed by atoms with Crippen molar-refractivity contribution in [3.8, 4) is 0 Å². The Morgan fingerprint density at radius 2 is 1.47 bits per heavy atom. The van der Waals surface area contributed by atoms with Crippen molar-refractivity contribution in [3.63, 3.8) is 0 Å². The second kappa shape index (κ2) is 13.9. The van der Waals surface area contributed by atoms with Gasteiger partial charge in [0.15, 0.2) is 0 Å². The summed E-state index contributed by atoms with van der Waals surface area (Å²) in [5.41, 5.74) is 7.21.